The second kappa shape index (κ2) is 10.5. The zero-order valence-corrected chi connectivity index (χ0v) is 20.4. The van der Waals surface area contributed by atoms with E-state index in [9.17, 15) is 4.79 Å². The van der Waals surface area contributed by atoms with Crippen molar-refractivity contribution in [2.24, 2.45) is 0 Å². The van der Waals surface area contributed by atoms with Crippen molar-refractivity contribution in [2.75, 3.05) is 10.7 Å². The summed E-state index contributed by atoms with van der Waals surface area (Å²) in [6.45, 7) is 4.65. The van der Waals surface area contributed by atoms with E-state index in [2.05, 4.69) is 31.0 Å². The van der Waals surface area contributed by atoms with E-state index in [1.807, 2.05) is 41.3 Å². The fraction of sp³-hybridized carbons (Fsp3) is 0.240. The number of aryl methyl sites for hydroxylation is 2. The van der Waals surface area contributed by atoms with E-state index < -0.39 is 0 Å². The normalized spacial score (nSPS) is 11.1. The van der Waals surface area contributed by atoms with Gasteiger partial charge in [0.1, 0.15) is 0 Å². The van der Waals surface area contributed by atoms with Gasteiger partial charge in [0, 0.05) is 28.7 Å². The van der Waals surface area contributed by atoms with Crippen LogP contribution in [0, 0.1) is 13.8 Å². The van der Waals surface area contributed by atoms with Crippen molar-refractivity contribution in [1.82, 2.24) is 9.97 Å². The van der Waals surface area contributed by atoms with E-state index in [4.69, 9.17) is 16.6 Å². The van der Waals surface area contributed by atoms with E-state index in [0.29, 0.717) is 13.0 Å². The Morgan fingerprint density at radius 2 is 1.84 bits per heavy atom. The molecule has 0 saturated heterocycles. The average Bonchev–Trinajstić information content (AvgIpc) is 3.21. The monoisotopic (exact) mass is 481 g/mol. The molecule has 0 aliphatic rings. The zero-order valence-electron chi connectivity index (χ0n) is 18.0. The van der Waals surface area contributed by atoms with Gasteiger partial charge in [-0.3, -0.25) is 14.7 Å². The largest absolute Gasteiger partial charge is 0.284 e. The first kappa shape index (κ1) is 22.8. The number of pyridine rings is 1. The Morgan fingerprint density at radius 1 is 1.09 bits per heavy atom. The minimum absolute atomic E-state index is 0.0898. The van der Waals surface area contributed by atoms with Crippen LogP contribution in [0.1, 0.15) is 29.5 Å². The molecule has 0 radical (unpaired) electrons. The molecule has 0 bridgehead atoms. The molecule has 2 heterocycles. The molecular weight excluding hydrogens is 458 g/mol. The minimum Gasteiger partial charge on any atom is -0.284 e. The van der Waals surface area contributed by atoms with Crippen LogP contribution in [0.15, 0.2) is 65.8 Å². The van der Waals surface area contributed by atoms with Gasteiger partial charge in [-0.1, -0.05) is 29.0 Å². The highest BCUT2D eigenvalue weighted by Gasteiger charge is 2.20. The first-order chi connectivity index (χ1) is 15.5. The van der Waals surface area contributed by atoms with Gasteiger partial charge in [-0.05, 0) is 85.2 Å². The molecule has 0 saturated carbocycles. The van der Waals surface area contributed by atoms with Crippen molar-refractivity contribution >= 4 is 56.0 Å². The highest BCUT2D eigenvalue weighted by molar-refractivity contribution is 7.99. The van der Waals surface area contributed by atoms with E-state index in [1.54, 1.807) is 35.5 Å². The summed E-state index contributed by atoms with van der Waals surface area (Å²) in [6, 6.07) is 16.0. The number of aromatic nitrogens is 2. The molecule has 164 valence electrons. The molecule has 7 heteroatoms. The Bertz CT molecular complexity index is 1210. The highest BCUT2D eigenvalue weighted by Crippen LogP contribution is 2.33. The van der Waals surface area contributed by atoms with Crippen LogP contribution < -0.4 is 4.90 Å². The standard InChI is InChI=1S/C25H24ClN3OS2/c1-17-14-18(2)24-22(15-17)32-25(28-24)29(16-19-9-11-27-12-10-19)23(30)4-3-13-31-21-7-5-20(26)6-8-21/h5-12,14-15H,3-4,13,16H2,1-2H3. The molecule has 0 atom stereocenters. The van der Waals surface area contributed by atoms with Gasteiger partial charge in [0.05, 0.1) is 16.8 Å². The summed E-state index contributed by atoms with van der Waals surface area (Å²) in [4.78, 5) is 25.2. The maximum Gasteiger partial charge on any atom is 0.229 e. The number of thioether (sulfide) groups is 1. The number of nitrogens with zero attached hydrogens (tertiary/aromatic N) is 3. The summed E-state index contributed by atoms with van der Waals surface area (Å²) >= 11 is 9.27. The van der Waals surface area contributed by atoms with Crippen LogP contribution in [0.25, 0.3) is 10.2 Å². The molecule has 1 amide bonds. The van der Waals surface area contributed by atoms with Gasteiger partial charge in [0.15, 0.2) is 5.13 Å². The molecule has 0 N–H and O–H groups in total. The molecule has 2 aromatic carbocycles. The fourth-order valence-corrected chi connectivity index (χ4v) is 5.62. The third kappa shape index (κ3) is 5.68. The third-order valence-electron chi connectivity index (χ3n) is 5.06. The van der Waals surface area contributed by atoms with Crippen LogP contribution >= 0.6 is 34.7 Å². The smallest absolute Gasteiger partial charge is 0.229 e. The number of benzene rings is 2. The van der Waals surface area contributed by atoms with Gasteiger partial charge >= 0.3 is 0 Å². The molecule has 4 nitrogen and oxygen atoms in total. The molecule has 32 heavy (non-hydrogen) atoms. The summed E-state index contributed by atoms with van der Waals surface area (Å²) in [6.07, 6.45) is 4.78. The fourth-order valence-electron chi connectivity index (χ4n) is 3.49. The first-order valence-electron chi connectivity index (χ1n) is 10.4. The third-order valence-corrected chi connectivity index (χ3v) is 7.43. The Labute approximate surface area is 201 Å². The number of amides is 1. The number of hydrogen-bond donors (Lipinski definition) is 0. The lowest BCUT2D eigenvalue weighted by atomic mass is 10.1. The van der Waals surface area contributed by atoms with Crippen LogP contribution in [0.2, 0.25) is 5.02 Å². The number of carbonyl (C=O) groups excluding carboxylic acids is 1. The lowest BCUT2D eigenvalue weighted by Crippen LogP contribution is -2.30. The predicted molar refractivity (Wildman–Crippen MR) is 136 cm³/mol. The van der Waals surface area contributed by atoms with Gasteiger partial charge < -0.3 is 0 Å². The molecule has 0 aliphatic carbocycles. The summed E-state index contributed by atoms with van der Waals surface area (Å²) in [5.41, 5.74) is 4.35. The van der Waals surface area contributed by atoms with Crippen LogP contribution in [0.4, 0.5) is 5.13 Å². The van der Waals surface area contributed by atoms with Gasteiger partial charge in [0.2, 0.25) is 5.91 Å². The highest BCUT2D eigenvalue weighted by atomic mass is 35.5. The van der Waals surface area contributed by atoms with E-state index in [0.717, 1.165) is 48.6 Å². The van der Waals surface area contributed by atoms with Crippen molar-refractivity contribution in [3.05, 3.63) is 82.6 Å². The maximum atomic E-state index is 13.3. The summed E-state index contributed by atoms with van der Waals surface area (Å²) in [5.74, 6) is 0.959. The number of carbonyl (C=O) groups is 1. The molecule has 4 aromatic rings. The summed E-state index contributed by atoms with van der Waals surface area (Å²) in [7, 11) is 0. The number of fused-ring (bicyclic) bond motifs is 1. The molecule has 0 unspecified atom stereocenters. The van der Waals surface area contributed by atoms with Gasteiger partial charge in [-0.2, -0.15) is 0 Å². The number of halogens is 1. The molecular formula is C25H24ClN3OS2. The molecule has 0 spiro atoms. The Hall–Kier alpha value is -2.41. The average molecular weight is 482 g/mol. The van der Waals surface area contributed by atoms with Crippen LogP contribution in [0.3, 0.4) is 0 Å². The van der Waals surface area contributed by atoms with E-state index >= 15 is 0 Å². The maximum absolute atomic E-state index is 13.3. The lowest BCUT2D eigenvalue weighted by Gasteiger charge is -2.20. The number of hydrogen-bond acceptors (Lipinski definition) is 5. The second-order valence-corrected chi connectivity index (χ2v) is 10.3. The Morgan fingerprint density at radius 3 is 2.59 bits per heavy atom. The number of anilines is 1. The van der Waals surface area contributed by atoms with Crippen molar-refractivity contribution in [2.45, 2.75) is 38.1 Å². The zero-order chi connectivity index (χ0) is 22.5. The van der Waals surface area contributed by atoms with Crippen LogP contribution in [0.5, 0.6) is 0 Å². The SMILES string of the molecule is Cc1cc(C)c2nc(N(Cc3ccncc3)C(=O)CCCSc3ccc(Cl)cc3)sc2c1. The van der Waals surface area contributed by atoms with Crippen molar-refractivity contribution in [3.8, 4) is 0 Å². The van der Waals surface area contributed by atoms with E-state index in [-0.39, 0.29) is 5.91 Å². The van der Waals surface area contributed by atoms with Crippen LogP contribution in [-0.4, -0.2) is 21.6 Å². The molecule has 4 rings (SSSR count). The van der Waals surface area contributed by atoms with Crippen molar-refractivity contribution in [1.29, 1.82) is 0 Å². The Balaban J connectivity index is 1.49. The quantitative estimate of drug-likeness (QED) is 0.199. The van der Waals surface area contributed by atoms with Crippen LogP contribution in [-0.2, 0) is 11.3 Å². The second-order valence-electron chi connectivity index (χ2n) is 7.67. The summed E-state index contributed by atoms with van der Waals surface area (Å²) < 4.78 is 1.11. The Kier molecular flexibility index (Phi) is 7.45. The lowest BCUT2D eigenvalue weighted by molar-refractivity contribution is -0.118. The molecule has 0 aliphatic heterocycles. The van der Waals surface area contributed by atoms with E-state index in [1.165, 1.54) is 5.56 Å². The predicted octanol–water partition coefficient (Wildman–Crippen LogP) is 7.07. The summed E-state index contributed by atoms with van der Waals surface area (Å²) in [5, 5.41) is 1.48. The van der Waals surface area contributed by atoms with Gasteiger partial charge in [0.25, 0.3) is 0 Å². The van der Waals surface area contributed by atoms with Crippen molar-refractivity contribution < 1.29 is 4.79 Å². The van der Waals surface area contributed by atoms with Crippen molar-refractivity contribution in [3.63, 3.8) is 0 Å². The first-order valence-corrected chi connectivity index (χ1v) is 12.6. The molecule has 2 aromatic heterocycles. The minimum atomic E-state index is 0.0898. The topological polar surface area (TPSA) is 46.1 Å². The molecule has 0 fully saturated rings. The van der Waals surface area contributed by atoms with Gasteiger partial charge in [-0.25, -0.2) is 4.98 Å². The number of thiazole rings is 1. The number of rotatable bonds is 8. The van der Waals surface area contributed by atoms with Gasteiger partial charge in [-0.15, -0.1) is 11.8 Å².